The van der Waals surface area contributed by atoms with Gasteiger partial charge in [0.25, 0.3) is 5.91 Å². The van der Waals surface area contributed by atoms with E-state index in [1.165, 1.54) is 6.42 Å². The van der Waals surface area contributed by atoms with Crippen LogP contribution in [0.4, 0.5) is 0 Å². The van der Waals surface area contributed by atoms with Crippen molar-refractivity contribution < 1.29 is 13.2 Å². The summed E-state index contributed by atoms with van der Waals surface area (Å²) in [7, 11) is -3.46. The zero-order valence-corrected chi connectivity index (χ0v) is 16.4. The molecule has 1 amide bonds. The van der Waals surface area contributed by atoms with Crippen molar-refractivity contribution >= 4 is 15.9 Å². The van der Waals surface area contributed by atoms with Gasteiger partial charge in [0.15, 0.2) is 0 Å². The molecule has 1 heterocycles. The predicted molar refractivity (Wildman–Crippen MR) is 103 cm³/mol. The average molecular weight is 379 g/mol. The Bertz CT molecular complexity index is 707. The van der Waals surface area contributed by atoms with Crippen LogP contribution in [-0.2, 0) is 10.0 Å². The Morgan fingerprint density at radius 2 is 1.58 bits per heavy atom. The lowest BCUT2D eigenvalue weighted by atomic mass is 9.86. The van der Waals surface area contributed by atoms with Crippen LogP contribution in [-0.4, -0.2) is 37.8 Å². The molecule has 0 aromatic heterocycles. The number of sulfonamides is 1. The Labute approximate surface area is 157 Å². The molecule has 1 saturated heterocycles. The van der Waals surface area contributed by atoms with Gasteiger partial charge in [-0.15, -0.1) is 0 Å². The van der Waals surface area contributed by atoms with Gasteiger partial charge >= 0.3 is 0 Å². The van der Waals surface area contributed by atoms with Crippen molar-refractivity contribution in [1.82, 2.24) is 9.62 Å². The van der Waals surface area contributed by atoms with Gasteiger partial charge in [-0.25, -0.2) is 8.42 Å². The standard InChI is InChI=1S/C20H30N2O3S/c1-16-8-4-5-9-19(16)21-20(23)17-10-12-18(13-11-17)26(24,25)22-14-6-2-3-7-15-22/h10-13,16,19H,2-9,14-15H2,1H3,(H,21,23). The molecular formula is C20H30N2O3S. The molecule has 1 aliphatic heterocycles. The molecule has 26 heavy (non-hydrogen) atoms. The third-order valence-corrected chi connectivity index (χ3v) is 7.66. The number of hydrogen-bond acceptors (Lipinski definition) is 3. The maximum absolute atomic E-state index is 12.8. The van der Waals surface area contributed by atoms with E-state index >= 15 is 0 Å². The summed E-state index contributed by atoms with van der Waals surface area (Å²) in [6.45, 7) is 3.36. The number of benzene rings is 1. The zero-order chi connectivity index (χ0) is 18.6. The van der Waals surface area contributed by atoms with E-state index in [2.05, 4.69) is 12.2 Å². The topological polar surface area (TPSA) is 66.5 Å². The van der Waals surface area contributed by atoms with Crippen LogP contribution in [0, 0.1) is 5.92 Å². The van der Waals surface area contributed by atoms with Crippen molar-refractivity contribution in [3.8, 4) is 0 Å². The van der Waals surface area contributed by atoms with Gasteiger partial charge in [0, 0.05) is 24.7 Å². The van der Waals surface area contributed by atoms with E-state index < -0.39 is 10.0 Å². The summed E-state index contributed by atoms with van der Waals surface area (Å²) in [6.07, 6.45) is 8.57. The van der Waals surface area contributed by atoms with Crippen LogP contribution in [0.3, 0.4) is 0 Å². The van der Waals surface area contributed by atoms with Crippen molar-refractivity contribution in [1.29, 1.82) is 0 Å². The van der Waals surface area contributed by atoms with Crippen LogP contribution in [0.2, 0.25) is 0 Å². The Morgan fingerprint density at radius 1 is 0.962 bits per heavy atom. The number of nitrogens with zero attached hydrogens (tertiary/aromatic N) is 1. The second-order valence-electron chi connectivity index (χ2n) is 7.68. The van der Waals surface area contributed by atoms with Gasteiger partial charge in [0.05, 0.1) is 4.90 Å². The fourth-order valence-corrected chi connectivity index (χ4v) is 5.51. The summed E-state index contributed by atoms with van der Waals surface area (Å²) in [6, 6.07) is 6.62. The van der Waals surface area contributed by atoms with Gasteiger partial charge in [-0.2, -0.15) is 4.31 Å². The molecule has 5 nitrogen and oxygen atoms in total. The maximum Gasteiger partial charge on any atom is 0.251 e. The minimum Gasteiger partial charge on any atom is -0.349 e. The molecule has 6 heteroatoms. The van der Waals surface area contributed by atoms with E-state index in [0.29, 0.717) is 24.6 Å². The lowest BCUT2D eigenvalue weighted by Crippen LogP contribution is -2.41. The van der Waals surface area contributed by atoms with Crippen molar-refractivity contribution in [2.75, 3.05) is 13.1 Å². The minimum absolute atomic E-state index is 0.109. The first-order valence-electron chi connectivity index (χ1n) is 9.89. The molecule has 1 N–H and O–H groups in total. The lowest BCUT2D eigenvalue weighted by molar-refractivity contribution is 0.0910. The molecule has 1 aromatic rings. The molecule has 0 spiro atoms. The molecule has 2 atom stereocenters. The second-order valence-corrected chi connectivity index (χ2v) is 9.62. The van der Waals surface area contributed by atoms with Gasteiger partial charge in [-0.3, -0.25) is 4.79 Å². The molecule has 1 aromatic carbocycles. The zero-order valence-electron chi connectivity index (χ0n) is 15.6. The summed E-state index contributed by atoms with van der Waals surface area (Å²) in [5.74, 6) is 0.387. The van der Waals surface area contributed by atoms with Gasteiger partial charge in [-0.05, 0) is 55.9 Å². The third kappa shape index (κ3) is 4.46. The number of amides is 1. The van der Waals surface area contributed by atoms with Gasteiger partial charge in [0.2, 0.25) is 10.0 Å². The van der Waals surface area contributed by atoms with Gasteiger partial charge in [0.1, 0.15) is 0 Å². The highest BCUT2D eigenvalue weighted by Crippen LogP contribution is 2.24. The fourth-order valence-electron chi connectivity index (χ4n) is 3.99. The number of hydrogen-bond donors (Lipinski definition) is 1. The molecule has 2 aliphatic rings. The Balaban J connectivity index is 1.68. The number of rotatable bonds is 4. The first-order chi connectivity index (χ1) is 12.5. The van der Waals surface area contributed by atoms with Crippen LogP contribution in [0.5, 0.6) is 0 Å². The van der Waals surface area contributed by atoms with Crippen LogP contribution >= 0.6 is 0 Å². The SMILES string of the molecule is CC1CCCCC1NC(=O)c1ccc(S(=O)(=O)N2CCCCCC2)cc1. The van der Waals surface area contributed by atoms with Gasteiger partial charge in [-0.1, -0.05) is 32.6 Å². The number of carbonyl (C=O) groups is 1. The Morgan fingerprint density at radius 3 is 2.19 bits per heavy atom. The molecular weight excluding hydrogens is 348 g/mol. The van der Waals surface area contributed by atoms with E-state index in [1.54, 1.807) is 28.6 Å². The van der Waals surface area contributed by atoms with Crippen molar-refractivity contribution in [3.63, 3.8) is 0 Å². The Kier molecular flexibility index (Phi) is 6.35. The first kappa shape index (κ1) is 19.4. The molecule has 0 bridgehead atoms. The monoisotopic (exact) mass is 378 g/mol. The quantitative estimate of drug-likeness (QED) is 0.871. The molecule has 1 aliphatic carbocycles. The van der Waals surface area contributed by atoms with Crippen LogP contribution in [0.15, 0.2) is 29.2 Å². The van der Waals surface area contributed by atoms with E-state index in [-0.39, 0.29) is 16.8 Å². The highest BCUT2D eigenvalue weighted by atomic mass is 32.2. The third-order valence-electron chi connectivity index (χ3n) is 5.75. The van der Waals surface area contributed by atoms with E-state index in [1.807, 2.05) is 0 Å². The van der Waals surface area contributed by atoms with Crippen molar-refractivity contribution in [2.24, 2.45) is 5.92 Å². The summed E-state index contributed by atoms with van der Waals surface area (Å²) in [5.41, 5.74) is 0.526. The minimum atomic E-state index is -3.46. The van der Waals surface area contributed by atoms with Crippen LogP contribution in [0.1, 0.15) is 68.6 Å². The Hall–Kier alpha value is -1.40. The van der Waals surface area contributed by atoms with Gasteiger partial charge < -0.3 is 5.32 Å². The molecule has 1 saturated carbocycles. The summed E-state index contributed by atoms with van der Waals surface area (Å²) in [5, 5.41) is 3.12. The van der Waals surface area contributed by atoms with Crippen LogP contribution in [0.25, 0.3) is 0 Å². The van der Waals surface area contributed by atoms with E-state index in [0.717, 1.165) is 44.9 Å². The maximum atomic E-state index is 12.8. The largest absolute Gasteiger partial charge is 0.349 e. The smallest absolute Gasteiger partial charge is 0.251 e. The fraction of sp³-hybridized carbons (Fsp3) is 0.650. The normalized spacial score (nSPS) is 25.4. The van der Waals surface area contributed by atoms with Crippen molar-refractivity contribution in [3.05, 3.63) is 29.8 Å². The highest BCUT2D eigenvalue weighted by Gasteiger charge is 2.26. The molecule has 2 unspecified atom stereocenters. The second kappa shape index (κ2) is 8.53. The van der Waals surface area contributed by atoms with Crippen molar-refractivity contribution in [2.45, 2.75) is 69.2 Å². The molecule has 0 radical (unpaired) electrons. The number of carbonyl (C=O) groups excluding carboxylic acids is 1. The average Bonchev–Trinajstić information content (AvgIpc) is 2.94. The molecule has 3 rings (SSSR count). The van der Waals surface area contributed by atoms with E-state index in [9.17, 15) is 13.2 Å². The molecule has 144 valence electrons. The molecule has 2 fully saturated rings. The van der Waals surface area contributed by atoms with Crippen LogP contribution < -0.4 is 5.32 Å². The number of nitrogens with one attached hydrogen (secondary N) is 1. The predicted octanol–water partition coefficient (Wildman–Crippen LogP) is 3.56. The summed E-state index contributed by atoms with van der Waals surface area (Å²) < 4.78 is 27.2. The lowest BCUT2D eigenvalue weighted by Gasteiger charge is -2.29. The summed E-state index contributed by atoms with van der Waals surface area (Å²) >= 11 is 0. The summed E-state index contributed by atoms with van der Waals surface area (Å²) in [4.78, 5) is 12.8. The highest BCUT2D eigenvalue weighted by molar-refractivity contribution is 7.89. The van der Waals surface area contributed by atoms with E-state index in [4.69, 9.17) is 0 Å². The first-order valence-corrected chi connectivity index (χ1v) is 11.3.